The summed E-state index contributed by atoms with van der Waals surface area (Å²) in [5.41, 5.74) is 1.04. The number of benzene rings is 1. The molecule has 0 amide bonds. The van der Waals surface area contributed by atoms with E-state index in [0.29, 0.717) is 28.7 Å². The number of rotatable bonds is 7. The highest BCUT2D eigenvalue weighted by Crippen LogP contribution is 2.26. The van der Waals surface area contributed by atoms with E-state index in [-0.39, 0.29) is 0 Å². The minimum absolute atomic E-state index is 0.401. The Labute approximate surface area is 214 Å². The molecule has 35 heavy (non-hydrogen) atoms. The van der Waals surface area contributed by atoms with E-state index in [2.05, 4.69) is 31.0 Å². The molecular formula is C22H25ClN8O2S2. The Balaban J connectivity index is 1.38. The monoisotopic (exact) mass is 532 g/mol. The van der Waals surface area contributed by atoms with Crippen LogP contribution >= 0.6 is 34.7 Å². The highest BCUT2D eigenvalue weighted by atomic mass is 35.5. The van der Waals surface area contributed by atoms with Gasteiger partial charge in [-0.3, -0.25) is 14.3 Å². The molecule has 1 aliphatic rings. The van der Waals surface area contributed by atoms with Gasteiger partial charge < -0.3 is 14.4 Å². The van der Waals surface area contributed by atoms with Gasteiger partial charge in [0.2, 0.25) is 5.95 Å². The number of piperazine rings is 1. The summed E-state index contributed by atoms with van der Waals surface area (Å²) in [5.74, 6) is 1.55. The Morgan fingerprint density at radius 3 is 2.63 bits per heavy atom. The number of anilines is 2. The zero-order valence-corrected chi connectivity index (χ0v) is 21.8. The van der Waals surface area contributed by atoms with Crippen molar-refractivity contribution in [2.45, 2.75) is 24.2 Å². The summed E-state index contributed by atoms with van der Waals surface area (Å²) in [4.78, 5) is 36.7. The molecule has 1 aromatic carbocycles. The fraction of sp³-hybridized carbons (Fsp3) is 0.409. The predicted molar refractivity (Wildman–Crippen MR) is 141 cm³/mol. The minimum atomic E-state index is -0.466. The molecule has 13 heteroatoms. The van der Waals surface area contributed by atoms with Crippen molar-refractivity contribution in [1.82, 2.24) is 29.3 Å². The van der Waals surface area contributed by atoms with Crippen LogP contribution in [-0.4, -0.2) is 61.2 Å². The Hall–Kier alpha value is -2.83. The van der Waals surface area contributed by atoms with Crippen molar-refractivity contribution < 1.29 is 0 Å². The lowest BCUT2D eigenvalue weighted by molar-refractivity contribution is 0.610. The molecule has 4 heterocycles. The third kappa shape index (κ3) is 4.95. The average Bonchev–Trinajstić information content (AvgIpc) is 3.44. The van der Waals surface area contributed by atoms with E-state index in [1.54, 1.807) is 30.1 Å². The van der Waals surface area contributed by atoms with Crippen LogP contribution in [0.15, 0.2) is 38.2 Å². The smallest absolute Gasteiger partial charge is 0.329 e. The zero-order chi connectivity index (χ0) is 24.5. The number of hydrogen-bond acceptors (Lipinski definition) is 9. The van der Waals surface area contributed by atoms with E-state index in [4.69, 9.17) is 16.6 Å². The van der Waals surface area contributed by atoms with E-state index >= 15 is 0 Å². The topological polar surface area (TPSA) is 105 Å². The molecule has 1 aliphatic heterocycles. The Morgan fingerprint density at radius 1 is 1.14 bits per heavy atom. The molecular weight excluding hydrogens is 508 g/mol. The number of nitrogens with one attached hydrogen (secondary N) is 1. The van der Waals surface area contributed by atoms with Crippen molar-refractivity contribution in [2.24, 2.45) is 7.05 Å². The number of halogens is 1. The standard InChI is InChI=1S/C22H25ClN8O2S2/c1-14-26-27-22(35-14)34-12-4-7-31-17-18(28(2)21(33)25-19(17)32)24-20(31)30-10-8-29(9-11-30)16-6-3-5-15(23)13-16/h3,5-6,13H,4,7-12H2,1-2H3,(H,25,32,33). The van der Waals surface area contributed by atoms with Crippen molar-refractivity contribution in [1.29, 1.82) is 0 Å². The maximum absolute atomic E-state index is 12.8. The van der Waals surface area contributed by atoms with Crippen LogP contribution in [0.25, 0.3) is 11.2 Å². The number of H-pyrrole nitrogens is 1. The summed E-state index contributed by atoms with van der Waals surface area (Å²) in [5, 5.41) is 9.88. The second kappa shape index (κ2) is 10.0. The summed E-state index contributed by atoms with van der Waals surface area (Å²) in [6.45, 7) is 5.61. The lowest BCUT2D eigenvalue weighted by Gasteiger charge is -2.36. The first kappa shape index (κ1) is 23.9. The summed E-state index contributed by atoms with van der Waals surface area (Å²) in [6, 6.07) is 7.86. The number of imidazole rings is 1. The van der Waals surface area contributed by atoms with Crippen LogP contribution in [0.5, 0.6) is 0 Å². The normalized spacial score (nSPS) is 14.3. The maximum Gasteiger partial charge on any atom is 0.329 e. The highest BCUT2D eigenvalue weighted by Gasteiger charge is 2.25. The Morgan fingerprint density at radius 2 is 1.91 bits per heavy atom. The van der Waals surface area contributed by atoms with Gasteiger partial charge in [0.25, 0.3) is 5.56 Å². The van der Waals surface area contributed by atoms with Crippen LogP contribution < -0.4 is 21.0 Å². The lowest BCUT2D eigenvalue weighted by Crippen LogP contribution is -2.47. The number of fused-ring (bicyclic) bond motifs is 1. The van der Waals surface area contributed by atoms with Gasteiger partial charge in [0.1, 0.15) is 5.01 Å². The molecule has 0 spiro atoms. The second-order valence-electron chi connectivity index (χ2n) is 8.30. The SMILES string of the molecule is Cc1nnc(SCCCn2c(N3CCN(c4cccc(Cl)c4)CC3)nc3c2c(=O)[nH]c(=O)n3C)s1. The number of aromatic nitrogens is 6. The Bertz CT molecular complexity index is 1470. The number of hydrogen-bond donors (Lipinski definition) is 1. The van der Waals surface area contributed by atoms with Crippen molar-refractivity contribution in [3.8, 4) is 0 Å². The van der Waals surface area contributed by atoms with E-state index in [1.807, 2.05) is 29.7 Å². The minimum Gasteiger partial charge on any atom is -0.368 e. The first-order valence-electron chi connectivity index (χ1n) is 11.3. The van der Waals surface area contributed by atoms with Crippen LogP contribution in [0.1, 0.15) is 11.4 Å². The molecule has 10 nitrogen and oxygen atoms in total. The number of aryl methyl sites for hydroxylation is 3. The molecule has 0 saturated carbocycles. The van der Waals surface area contributed by atoms with Crippen LogP contribution in [0, 0.1) is 6.92 Å². The summed E-state index contributed by atoms with van der Waals surface area (Å²) in [6.07, 6.45) is 0.812. The molecule has 1 N–H and O–H groups in total. The fourth-order valence-electron chi connectivity index (χ4n) is 4.23. The summed E-state index contributed by atoms with van der Waals surface area (Å²) >= 11 is 9.41. The Kier molecular flexibility index (Phi) is 6.85. The van der Waals surface area contributed by atoms with Crippen LogP contribution in [0.2, 0.25) is 5.02 Å². The predicted octanol–water partition coefficient (Wildman–Crippen LogP) is 2.75. The molecule has 4 aromatic rings. The molecule has 184 valence electrons. The van der Waals surface area contributed by atoms with Crippen LogP contribution in [0.4, 0.5) is 11.6 Å². The number of nitrogens with zero attached hydrogens (tertiary/aromatic N) is 7. The van der Waals surface area contributed by atoms with E-state index < -0.39 is 11.2 Å². The number of aromatic amines is 1. The van der Waals surface area contributed by atoms with Gasteiger partial charge in [0.15, 0.2) is 15.5 Å². The zero-order valence-electron chi connectivity index (χ0n) is 19.4. The molecule has 5 rings (SSSR count). The highest BCUT2D eigenvalue weighted by molar-refractivity contribution is 8.01. The third-order valence-electron chi connectivity index (χ3n) is 5.98. The van der Waals surface area contributed by atoms with Gasteiger partial charge >= 0.3 is 5.69 Å². The van der Waals surface area contributed by atoms with Gasteiger partial charge in [-0.2, -0.15) is 4.98 Å². The van der Waals surface area contributed by atoms with Gasteiger partial charge in [-0.05, 0) is 31.5 Å². The van der Waals surface area contributed by atoms with Gasteiger partial charge in [-0.15, -0.1) is 10.2 Å². The molecule has 0 radical (unpaired) electrons. The quantitative estimate of drug-likeness (QED) is 0.286. The van der Waals surface area contributed by atoms with Crippen LogP contribution in [-0.2, 0) is 13.6 Å². The largest absolute Gasteiger partial charge is 0.368 e. The van der Waals surface area contributed by atoms with Gasteiger partial charge in [0, 0.05) is 56.2 Å². The molecule has 0 aliphatic carbocycles. The molecule has 3 aromatic heterocycles. The van der Waals surface area contributed by atoms with E-state index in [0.717, 1.165) is 53.4 Å². The first-order valence-corrected chi connectivity index (χ1v) is 13.5. The molecule has 1 saturated heterocycles. The average molecular weight is 533 g/mol. The molecule has 0 bridgehead atoms. The first-order chi connectivity index (χ1) is 16.9. The molecule has 1 fully saturated rings. The van der Waals surface area contributed by atoms with Crippen LogP contribution in [0.3, 0.4) is 0 Å². The third-order valence-corrected chi connectivity index (χ3v) is 8.28. The molecule has 0 unspecified atom stereocenters. The van der Waals surface area contributed by atoms with Crippen molar-refractivity contribution in [2.75, 3.05) is 41.7 Å². The second-order valence-corrected chi connectivity index (χ2v) is 11.3. The van der Waals surface area contributed by atoms with Crippen molar-refractivity contribution in [3.05, 3.63) is 55.1 Å². The van der Waals surface area contributed by atoms with E-state index in [1.165, 1.54) is 4.57 Å². The van der Waals surface area contributed by atoms with Crippen molar-refractivity contribution in [3.63, 3.8) is 0 Å². The van der Waals surface area contributed by atoms with Gasteiger partial charge in [-0.25, -0.2) is 4.79 Å². The lowest BCUT2D eigenvalue weighted by atomic mass is 10.2. The van der Waals surface area contributed by atoms with Gasteiger partial charge in [-0.1, -0.05) is 40.8 Å². The van der Waals surface area contributed by atoms with E-state index in [9.17, 15) is 9.59 Å². The molecule has 0 atom stereocenters. The van der Waals surface area contributed by atoms with Crippen molar-refractivity contribution >= 4 is 57.5 Å². The maximum atomic E-state index is 12.8. The fourth-order valence-corrected chi connectivity index (χ4v) is 6.23. The van der Waals surface area contributed by atoms with Gasteiger partial charge in [0.05, 0.1) is 0 Å². The summed E-state index contributed by atoms with van der Waals surface area (Å²) in [7, 11) is 1.63. The number of thioether (sulfide) groups is 1. The summed E-state index contributed by atoms with van der Waals surface area (Å²) < 4.78 is 4.29.